The van der Waals surface area contributed by atoms with E-state index >= 15 is 0 Å². The highest BCUT2D eigenvalue weighted by atomic mass is 16.5. The van der Waals surface area contributed by atoms with E-state index in [9.17, 15) is 4.79 Å². The number of methoxy groups -OCH3 is 1. The Balaban J connectivity index is 1.51. The summed E-state index contributed by atoms with van der Waals surface area (Å²) in [6.07, 6.45) is 1.32. The quantitative estimate of drug-likeness (QED) is 0.681. The Bertz CT molecular complexity index is 887. The van der Waals surface area contributed by atoms with Gasteiger partial charge in [0.25, 0.3) is 5.91 Å². The number of carbonyl (C=O) groups is 1. The van der Waals surface area contributed by atoms with Gasteiger partial charge in [-0.25, -0.2) is 0 Å². The third kappa shape index (κ3) is 4.49. The van der Waals surface area contributed by atoms with Crippen LogP contribution < -0.4 is 10.2 Å². The normalized spacial score (nSPS) is 16.2. The van der Waals surface area contributed by atoms with E-state index in [0.29, 0.717) is 5.56 Å². The van der Waals surface area contributed by atoms with Crippen LogP contribution in [0.2, 0.25) is 0 Å². The number of hydrogen-bond donors (Lipinski definition) is 1. The second kappa shape index (κ2) is 8.93. The fraction of sp³-hybridized carbons (Fsp3) is 0.240. The van der Waals surface area contributed by atoms with E-state index in [1.807, 2.05) is 84.9 Å². The Labute approximate surface area is 172 Å². The Morgan fingerprint density at radius 1 is 0.931 bits per heavy atom. The smallest absolute Gasteiger partial charge is 0.252 e. The summed E-state index contributed by atoms with van der Waals surface area (Å²) >= 11 is 0. The van der Waals surface area contributed by atoms with Crippen LogP contribution in [0.1, 0.15) is 33.9 Å². The molecule has 4 heteroatoms. The largest absolute Gasteiger partial charge is 0.380 e. The number of carbonyl (C=O) groups excluding carboxylic acids is 1. The molecule has 1 saturated heterocycles. The van der Waals surface area contributed by atoms with E-state index in [-0.39, 0.29) is 18.1 Å². The topological polar surface area (TPSA) is 41.6 Å². The van der Waals surface area contributed by atoms with Crippen molar-refractivity contribution in [2.75, 3.05) is 25.1 Å². The van der Waals surface area contributed by atoms with Crippen molar-refractivity contribution in [2.45, 2.75) is 18.6 Å². The van der Waals surface area contributed by atoms with Crippen molar-refractivity contribution >= 4 is 11.6 Å². The van der Waals surface area contributed by atoms with Crippen LogP contribution in [0.15, 0.2) is 84.9 Å². The van der Waals surface area contributed by atoms with Crippen LogP contribution in [0.3, 0.4) is 0 Å². The third-order valence-electron chi connectivity index (χ3n) is 5.51. The maximum absolute atomic E-state index is 13.0. The average molecular weight is 386 g/mol. The molecular weight excluding hydrogens is 360 g/mol. The van der Waals surface area contributed by atoms with Crippen molar-refractivity contribution in [3.05, 3.63) is 102 Å². The summed E-state index contributed by atoms with van der Waals surface area (Å²) in [5.41, 5.74) is 3.91. The lowest BCUT2D eigenvalue weighted by Crippen LogP contribution is -2.29. The van der Waals surface area contributed by atoms with Gasteiger partial charge in [-0.3, -0.25) is 4.79 Å². The maximum atomic E-state index is 13.0. The highest BCUT2D eigenvalue weighted by Crippen LogP contribution is 2.24. The molecule has 0 spiro atoms. The molecule has 3 aromatic carbocycles. The first kappa shape index (κ1) is 19.2. The van der Waals surface area contributed by atoms with Crippen LogP contribution in [0.4, 0.5) is 5.69 Å². The summed E-state index contributed by atoms with van der Waals surface area (Å²) in [5, 5.41) is 3.20. The van der Waals surface area contributed by atoms with E-state index in [0.717, 1.165) is 36.3 Å². The first-order chi connectivity index (χ1) is 14.2. The van der Waals surface area contributed by atoms with Crippen LogP contribution in [0.5, 0.6) is 0 Å². The molecule has 29 heavy (non-hydrogen) atoms. The second-order valence-corrected chi connectivity index (χ2v) is 7.37. The predicted molar refractivity (Wildman–Crippen MR) is 116 cm³/mol. The molecule has 0 radical (unpaired) electrons. The zero-order valence-corrected chi connectivity index (χ0v) is 16.6. The number of ether oxygens (including phenoxy) is 1. The molecule has 0 aromatic heterocycles. The Hall–Kier alpha value is -3.11. The lowest BCUT2D eigenvalue weighted by atomic mass is 9.98. The summed E-state index contributed by atoms with van der Waals surface area (Å²) in [6.45, 7) is 1.88. The summed E-state index contributed by atoms with van der Waals surface area (Å²) < 4.78 is 5.45. The SMILES string of the molecule is CO[C@@H]1CCN(c2ccc(C(=O)NC(c3ccccc3)c3ccccc3)cc2)C1. The number of rotatable bonds is 6. The first-order valence-electron chi connectivity index (χ1n) is 10.0. The Morgan fingerprint density at radius 3 is 2.03 bits per heavy atom. The molecule has 1 atom stereocenters. The number of hydrogen-bond acceptors (Lipinski definition) is 3. The average Bonchev–Trinajstić information content (AvgIpc) is 3.28. The van der Waals surface area contributed by atoms with Crippen molar-refractivity contribution in [1.29, 1.82) is 0 Å². The van der Waals surface area contributed by atoms with E-state index in [2.05, 4.69) is 10.2 Å². The number of nitrogens with one attached hydrogen (secondary N) is 1. The fourth-order valence-corrected chi connectivity index (χ4v) is 3.84. The van der Waals surface area contributed by atoms with Crippen molar-refractivity contribution in [3.63, 3.8) is 0 Å². The van der Waals surface area contributed by atoms with Gasteiger partial charge >= 0.3 is 0 Å². The van der Waals surface area contributed by atoms with Crippen molar-refractivity contribution in [1.82, 2.24) is 5.32 Å². The van der Waals surface area contributed by atoms with E-state index in [1.54, 1.807) is 7.11 Å². The molecule has 4 nitrogen and oxygen atoms in total. The Kier molecular flexibility index (Phi) is 5.92. The zero-order chi connectivity index (χ0) is 20.1. The van der Waals surface area contributed by atoms with Gasteiger partial charge in [-0.2, -0.15) is 0 Å². The van der Waals surface area contributed by atoms with Crippen LogP contribution in [0, 0.1) is 0 Å². The van der Waals surface area contributed by atoms with Gasteiger partial charge in [-0.05, 0) is 41.8 Å². The third-order valence-corrected chi connectivity index (χ3v) is 5.51. The molecule has 148 valence electrons. The minimum atomic E-state index is -0.189. The first-order valence-corrected chi connectivity index (χ1v) is 10.0. The lowest BCUT2D eigenvalue weighted by molar-refractivity contribution is 0.0943. The van der Waals surface area contributed by atoms with Crippen LogP contribution >= 0.6 is 0 Å². The van der Waals surface area contributed by atoms with Crippen LogP contribution in [-0.4, -0.2) is 32.2 Å². The molecule has 0 aliphatic carbocycles. The summed E-state index contributed by atoms with van der Waals surface area (Å²) in [4.78, 5) is 15.3. The number of amides is 1. The molecule has 1 N–H and O–H groups in total. The molecule has 1 heterocycles. The number of nitrogens with zero attached hydrogens (tertiary/aromatic N) is 1. The Morgan fingerprint density at radius 2 is 1.52 bits per heavy atom. The minimum absolute atomic E-state index is 0.0783. The minimum Gasteiger partial charge on any atom is -0.380 e. The molecule has 1 amide bonds. The standard InChI is InChI=1S/C25H26N2O2/c1-29-23-16-17-27(18-23)22-14-12-21(13-15-22)25(28)26-24(19-8-4-2-5-9-19)20-10-6-3-7-11-20/h2-15,23-24H,16-18H2,1H3,(H,26,28)/t23-/m1/s1. The lowest BCUT2D eigenvalue weighted by Gasteiger charge is -2.21. The van der Waals surface area contributed by atoms with Crippen molar-refractivity contribution < 1.29 is 9.53 Å². The molecule has 1 aliphatic rings. The predicted octanol–water partition coefficient (Wildman–Crippen LogP) is 4.43. The fourth-order valence-electron chi connectivity index (χ4n) is 3.84. The van der Waals surface area contributed by atoms with Crippen LogP contribution in [0.25, 0.3) is 0 Å². The zero-order valence-electron chi connectivity index (χ0n) is 16.6. The van der Waals surface area contributed by atoms with Gasteiger partial charge in [-0.15, -0.1) is 0 Å². The molecule has 4 rings (SSSR count). The molecule has 1 fully saturated rings. The van der Waals surface area contributed by atoms with Crippen LogP contribution in [-0.2, 0) is 4.74 Å². The van der Waals surface area contributed by atoms with Gasteiger partial charge in [-0.1, -0.05) is 60.7 Å². The van der Waals surface area contributed by atoms with Gasteiger partial charge in [0.15, 0.2) is 0 Å². The molecule has 0 saturated carbocycles. The van der Waals surface area contributed by atoms with E-state index in [1.165, 1.54) is 0 Å². The van der Waals surface area contributed by atoms with Crippen molar-refractivity contribution in [3.8, 4) is 0 Å². The van der Waals surface area contributed by atoms with Gasteiger partial charge in [0, 0.05) is 31.5 Å². The highest BCUT2D eigenvalue weighted by Gasteiger charge is 2.23. The van der Waals surface area contributed by atoms with Gasteiger partial charge in [0.1, 0.15) is 0 Å². The summed E-state index contributed by atoms with van der Waals surface area (Å²) in [6, 6.07) is 27.8. The molecule has 0 unspecified atom stereocenters. The summed E-state index contributed by atoms with van der Waals surface area (Å²) in [5.74, 6) is -0.0783. The molecule has 0 bridgehead atoms. The summed E-state index contributed by atoms with van der Waals surface area (Å²) in [7, 11) is 1.76. The number of anilines is 1. The molecule has 3 aromatic rings. The van der Waals surface area contributed by atoms with Gasteiger partial charge in [0.05, 0.1) is 12.1 Å². The van der Waals surface area contributed by atoms with Crippen molar-refractivity contribution in [2.24, 2.45) is 0 Å². The van der Waals surface area contributed by atoms with E-state index < -0.39 is 0 Å². The number of benzene rings is 3. The van der Waals surface area contributed by atoms with Gasteiger partial charge < -0.3 is 15.0 Å². The van der Waals surface area contributed by atoms with Gasteiger partial charge in [0.2, 0.25) is 0 Å². The molecular formula is C25H26N2O2. The maximum Gasteiger partial charge on any atom is 0.252 e. The van der Waals surface area contributed by atoms with E-state index in [4.69, 9.17) is 4.74 Å². The second-order valence-electron chi connectivity index (χ2n) is 7.37. The molecule has 1 aliphatic heterocycles. The monoisotopic (exact) mass is 386 g/mol. The highest BCUT2D eigenvalue weighted by molar-refractivity contribution is 5.95.